The Bertz CT molecular complexity index is 347. The summed E-state index contributed by atoms with van der Waals surface area (Å²) in [5.41, 5.74) is 1.04. The van der Waals surface area contributed by atoms with Crippen molar-refractivity contribution in [1.29, 1.82) is 0 Å². The van der Waals surface area contributed by atoms with Gasteiger partial charge in [-0.25, -0.2) is 0 Å². The highest BCUT2D eigenvalue weighted by Crippen LogP contribution is 1.96. The Labute approximate surface area is 76.3 Å². The van der Waals surface area contributed by atoms with Gasteiger partial charge in [0.15, 0.2) is 0 Å². The van der Waals surface area contributed by atoms with Gasteiger partial charge < -0.3 is 0 Å². The Kier molecular flexibility index (Phi) is 2.75. The van der Waals surface area contributed by atoms with Gasteiger partial charge in [-0.2, -0.15) is 14.9 Å². The molecule has 0 bridgehead atoms. The summed E-state index contributed by atoms with van der Waals surface area (Å²) in [6.45, 7) is 5.88. The van der Waals surface area contributed by atoms with Crippen molar-refractivity contribution in [2.24, 2.45) is 5.10 Å². The molecule has 0 atom stereocenters. The van der Waals surface area contributed by atoms with Crippen LogP contribution in [-0.2, 0) is 0 Å². The summed E-state index contributed by atoms with van der Waals surface area (Å²) in [5, 5.41) is 10.9. The maximum atomic E-state index is 4.98. The van der Waals surface area contributed by atoms with Crippen LogP contribution in [0.25, 0.3) is 0 Å². The Balaban J connectivity index is 3.11. The van der Waals surface area contributed by atoms with E-state index in [1.807, 2.05) is 13.8 Å². The lowest BCUT2D eigenvalue weighted by atomic mass is 10.3. The molecule has 0 aliphatic rings. The number of nitrogens with zero attached hydrogens (tertiary/aromatic N) is 3. The number of aromatic nitrogens is 3. The molecule has 5 heteroatoms. The fraction of sp³-hybridized carbons (Fsp3) is 0.571. The van der Waals surface area contributed by atoms with Crippen molar-refractivity contribution < 1.29 is 0 Å². The fourth-order valence-corrected chi connectivity index (χ4v) is 0.948. The first-order valence-electron chi connectivity index (χ1n) is 3.83. The zero-order chi connectivity index (χ0) is 9.14. The molecule has 0 aliphatic heterocycles. The van der Waals surface area contributed by atoms with Gasteiger partial charge in [-0.05, 0) is 32.5 Å². The van der Waals surface area contributed by atoms with E-state index in [9.17, 15) is 0 Å². The third kappa shape index (κ3) is 1.79. The first kappa shape index (κ1) is 9.12. The van der Waals surface area contributed by atoms with Gasteiger partial charge in [-0.3, -0.25) is 5.10 Å². The van der Waals surface area contributed by atoms with Crippen LogP contribution in [0.4, 0.5) is 0 Å². The smallest absolute Gasteiger partial charge is 0.216 e. The zero-order valence-electron chi connectivity index (χ0n) is 7.46. The second kappa shape index (κ2) is 3.62. The minimum Gasteiger partial charge on any atom is -0.250 e. The van der Waals surface area contributed by atoms with E-state index in [1.165, 1.54) is 0 Å². The van der Waals surface area contributed by atoms with Crippen molar-refractivity contribution in [1.82, 2.24) is 14.9 Å². The van der Waals surface area contributed by atoms with Gasteiger partial charge in [0.25, 0.3) is 0 Å². The van der Waals surface area contributed by atoms with E-state index in [4.69, 9.17) is 12.2 Å². The van der Waals surface area contributed by atoms with Crippen LogP contribution in [0.5, 0.6) is 0 Å². The Morgan fingerprint density at radius 3 is 2.83 bits per heavy atom. The molecule has 66 valence electrons. The van der Waals surface area contributed by atoms with Crippen molar-refractivity contribution >= 4 is 17.9 Å². The van der Waals surface area contributed by atoms with E-state index in [2.05, 4.69) is 22.2 Å². The van der Waals surface area contributed by atoms with Crippen LogP contribution in [0, 0.1) is 11.7 Å². The van der Waals surface area contributed by atoms with E-state index in [0.717, 1.165) is 18.0 Å². The number of rotatable bonds is 2. The van der Waals surface area contributed by atoms with Crippen LogP contribution >= 0.6 is 12.2 Å². The number of H-pyrrole nitrogens is 1. The van der Waals surface area contributed by atoms with Gasteiger partial charge >= 0.3 is 0 Å². The summed E-state index contributed by atoms with van der Waals surface area (Å²) in [6.07, 6.45) is 0.923. The van der Waals surface area contributed by atoms with Gasteiger partial charge in [-0.1, -0.05) is 6.92 Å². The van der Waals surface area contributed by atoms with Crippen molar-refractivity contribution in [3.63, 3.8) is 0 Å². The topological polar surface area (TPSA) is 46.0 Å². The standard InChI is InChI=1S/C7H12N4S/c1-4-5(2)10-11-6(3)8-9-7(11)12/h4H2,1-3H3,(H,9,12)/b10-5+. The lowest BCUT2D eigenvalue weighted by Crippen LogP contribution is -1.97. The number of aromatic amines is 1. The van der Waals surface area contributed by atoms with E-state index in [0.29, 0.717) is 4.77 Å². The van der Waals surface area contributed by atoms with Crippen LogP contribution in [0.15, 0.2) is 5.10 Å². The number of hydrogen-bond donors (Lipinski definition) is 1. The molecule has 0 aliphatic carbocycles. The van der Waals surface area contributed by atoms with Gasteiger partial charge in [0.05, 0.1) is 0 Å². The minimum atomic E-state index is 0.542. The van der Waals surface area contributed by atoms with Gasteiger partial charge in [0.2, 0.25) is 4.77 Å². The highest BCUT2D eigenvalue weighted by molar-refractivity contribution is 7.71. The van der Waals surface area contributed by atoms with Gasteiger partial charge in [-0.15, -0.1) is 0 Å². The molecule has 0 aromatic carbocycles. The predicted octanol–water partition coefficient (Wildman–Crippen LogP) is 1.88. The van der Waals surface area contributed by atoms with E-state index in [-0.39, 0.29) is 0 Å². The van der Waals surface area contributed by atoms with Gasteiger partial charge in [0.1, 0.15) is 5.82 Å². The number of aryl methyl sites for hydroxylation is 1. The van der Waals surface area contributed by atoms with Crippen molar-refractivity contribution in [2.75, 3.05) is 0 Å². The molecule has 12 heavy (non-hydrogen) atoms. The Hall–Kier alpha value is -0.970. The molecule has 1 rings (SSSR count). The van der Waals surface area contributed by atoms with Crippen LogP contribution < -0.4 is 0 Å². The maximum absolute atomic E-state index is 4.98. The highest BCUT2D eigenvalue weighted by atomic mass is 32.1. The molecule has 1 N–H and O–H groups in total. The third-order valence-electron chi connectivity index (χ3n) is 1.59. The first-order chi connectivity index (χ1) is 5.65. The minimum absolute atomic E-state index is 0.542. The number of hydrogen-bond acceptors (Lipinski definition) is 3. The molecule has 0 unspecified atom stereocenters. The maximum Gasteiger partial charge on any atom is 0.216 e. The monoisotopic (exact) mass is 184 g/mol. The van der Waals surface area contributed by atoms with Gasteiger partial charge in [0, 0.05) is 5.71 Å². The Morgan fingerprint density at radius 2 is 2.42 bits per heavy atom. The second-order valence-corrected chi connectivity index (χ2v) is 2.96. The van der Waals surface area contributed by atoms with E-state index >= 15 is 0 Å². The van der Waals surface area contributed by atoms with Crippen molar-refractivity contribution in [3.05, 3.63) is 10.6 Å². The molecular weight excluding hydrogens is 172 g/mol. The summed E-state index contributed by atoms with van der Waals surface area (Å²) < 4.78 is 2.18. The summed E-state index contributed by atoms with van der Waals surface area (Å²) in [5.74, 6) is 0.785. The first-order valence-corrected chi connectivity index (χ1v) is 4.24. The summed E-state index contributed by atoms with van der Waals surface area (Å²) in [4.78, 5) is 0. The van der Waals surface area contributed by atoms with E-state index < -0.39 is 0 Å². The van der Waals surface area contributed by atoms with Crippen LogP contribution in [-0.4, -0.2) is 20.6 Å². The molecular formula is C7H12N4S. The molecule has 0 fully saturated rings. The lowest BCUT2D eigenvalue weighted by Gasteiger charge is -1.96. The molecule has 1 aromatic heterocycles. The summed E-state index contributed by atoms with van der Waals surface area (Å²) in [7, 11) is 0. The normalized spacial score (nSPS) is 12.1. The second-order valence-electron chi connectivity index (χ2n) is 2.58. The Morgan fingerprint density at radius 1 is 1.75 bits per heavy atom. The van der Waals surface area contributed by atoms with Crippen LogP contribution in [0.3, 0.4) is 0 Å². The van der Waals surface area contributed by atoms with Crippen LogP contribution in [0.2, 0.25) is 0 Å². The molecule has 0 saturated heterocycles. The molecule has 1 heterocycles. The average molecular weight is 184 g/mol. The fourth-order valence-electron chi connectivity index (χ4n) is 0.730. The average Bonchev–Trinajstić information content (AvgIpc) is 2.35. The van der Waals surface area contributed by atoms with Crippen LogP contribution in [0.1, 0.15) is 26.1 Å². The number of nitrogens with one attached hydrogen (secondary N) is 1. The molecule has 0 spiro atoms. The third-order valence-corrected chi connectivity index (χ3v) is 1.86. The lowest BCUT2D eigenvalue weighted by molar-refractivity contribution is 0.809. The van der Waals surface area contributed by atoms with E-state index in [1.54, 1.807) is 4.68 Å². The quantitative estimate of drug-likeness (QED) is 0.563. The van der Waals surface area contributed by atoms with Crippen molar-refractivity contribution in [3.8, 4) is 0 Å². The largest absolute Gasteiger partial charge is 0.250 e. The SMILES string of the molecule is CC/C(C)=N/n1c(C)n[nH]c1=S. The molecule has 1 aromatic rings. The predicted molar refractivity (Wildman–Crippen MR) is 50.9 cm³/mol. The summed E-state index contributed by atoms with van der Waals surface area (Å²) >= 11 is 4.98. The zero-order valence-corrected chi connectivity index (χ0v) is 8.27. The molecule has 0 radical (unpaired) electrons. The van der Waals surface area contributed by atoms with Crippen molar-refractivity contribution in [2.45, 2.75) is 27.2 Å². The molecule has 0 saturated carbocycles. The summed E-state index contributed by atoms with van der Waals surface area (Å²) in [6, 6.07) is 0. The highest BCUT2D eigenvalue weighted by Gasteiger charge is 1.97. The molecule has 0 amide bonds. The molecule has 4 nitrogen and oxygen atoms in total.